The molecule has 3 N–H and O–H groups in total. The predicted molar refractivity (Wildman–Crippen MR) is 151 cm³/mol. The summed E-state index contributed by atoms with van der Waals surface area (Å²) in [5.74, 6) is -1.57. The van der Waals surface area contributed by atoms with E-state index in [9.17, 15) is 19.2 Å². The Bertz CT molecular complexity index is 1120. The minimum atomic E-state index is -0.908. The van der Waals surface area contributed by atoms with E-state index < -0.39 is 42.1 Å². The molecule has 40 heavy (non-hydrogen) atoms. The molecule has 9 nitrogen and oxygen atoms in total. The van der Waals surface area contributed by atoms with Crippen molar-refractivity contribution >= 4 is 23.7 Å². The molecule has 9 heteroatoms. The summed E-state index contributed by atoms with van der Waals surface area (Å²) in [6.07, 6.45) is 0.309. The summed E-state index contributed by atoms with van der Waals surface area (Å²) < 4.78 is 10.5. The molecule has 0 radical (unpaired) electrons. The van der Waals surface area contributed by atoms with Crippen LogP contribution in [0.5, 0.6) is 0 Å². The molecule has 0 aliphatic carbocycles. The van der Waals surface area contributed by atoms with Gasteiger partial charge in [0.25, 0.3) is 0 Å². The van der Waals surface area contributed by atoms with Gasteiger partial charge >= 0.3 is 6.09 Å². The first-order chi connectivity index (χ1) is 19.2. The lowest BCUT2D eigenvalue weighted by Gasteiger charge is -2.29. The van der Waals surface area contributed by atoms with Gasteiger partial charge in [0.1, 0.15) is 24.8 Å². The number of hydrogen-bond donors (Lipinski definition) is 3. The highest BCUT2D eigenvalue weighted by atomic mass is 16.6. The second-order valence-corrected chi connectivity index (χ2v) is 10.4. The summed E-state index contributed by atoms with van der Waals surface area (Å²) in [4.78, 5) is 52.6. The monoisotopic (exact) mass is 551 g/mol. The Labute approximate surface area is 236 Å². The minimum Gasteiger partial charge on any atom is -0.445 e. The molecule has 1 fully saturated rings. The van der Waals surface area contributed by atoms with E-state index in [0.29, 0.717) is 25.9 Å². The van der Waals surface area contributed by atoms with Crippen molar-refractivity contribution in [3.8, 4) is 0 Å². The number of nitrogens with one attached hydrogen (secondary N) is 3. The maximum atomic E-state index is 13.5. The first kappa shape index (κ1) is 30.8. The zero-order valence-electron chi connectivity index (χ0n) is 23.7. The largest absolute Gasteiger partial charge is 0.445 e. The van der Waals surface area contributed by atoms with Crippen LogP contribution in [0.25, 0.3) is 0 Å². The van der Waals surface area contributed by atoms with Gasteiger partial charge in [-0.1, -0.05) is 101 Å². The number of hydrogen-bond acceptors (Lipinski definition) is 6. The van der Waals surface area contributed by atoms with Gasteiger partial charge in [0.05, 0.1) is 12.6 Å². The molecule has 3 rings (SSSR count). The van der Waals surface area contributed by atoms with Crippen LogP contribution in [0.15, 0.2) is 60.7 Å². The van der Waals surface area contributed by atoms with Gasteiger partial charge in [-0.15, -0.1) is 0 Å². The van der Waals surface area contributed by atoms with Gasteiger partial charge in [-0.25, -0.2) is 4.79 Å². The fourth-order valence-corrected chi connectivity index (χ4v) is 4.31. The highest BCUT2D eigenvalue weighted by Crippen LogP contribution is 2.17. The number of alkyl carbamates (subject to hydrolysis) is 1. The molecule has 216 valence electrons. The van der Waals surface area contributed by atoms with Crippen molar-refractivity contribution in [1.29, 1.82) is 0 Å². The molecule has 6 atom stereocenters. The molecule has 2 aromatic carbocycles. The van der Waals surface area contributed by atoms with Crippen molar-refractivity contribution in [3.05, 3.63) is 71.8 Å². The van der Waals surface area contributed by atoms with Crippen LogP contribution in [0.2, 0.25) is 0 Å². The maximum Gasteiger partial charge on any atom is 0.408 e. The van der Waals surface area contributed by atoms with Crippen molar-refractivity contribution < 1.29 is 28.7 Å². The number of carbonyl (C=O) groups excluding carboxylic acids is 4. The molecule has 1 aliphatic heterocycles. The van der Waals surface area contributed by atoms with Crippen molar-refractivity contribution in [3.63, 3.8) is 0 Å². The number of Topliss-reactive ketones (excluding diaryl/α,β-unsaturated/α-hetero) is 1. The number of ketones is 1. The fraction of sp³-hybridized carbons (Fsp3) is 0.484. The van der Waals surface area contributed by atoms with E-state index >= 15 is 0 Å². The van der Waals surface area contributed by atoms with Crippen LogP contribution in [0.1, 0.15) is 51.7 Å². The number of benzene rings is 2. The third kappa shape index (κ3) is 9.19. The van der Waals surface area contributed by atoms with Crippen LogP contribution < -0.4 is 16.0 Å². The molecular weight excluding hydrogens is 510 g/mol. The highest BCUT2D eigenvalue weighted by molar-refractivity contribution is 5.96. The zero-order chi connectivity index (χ0) is 29.1. The second kappa shape index (κ2) is 15.2. The van der Waals surface area contributed by atoms with E-state index in [2.05, 4.69) is 16.0 Å². The highest BCUT2D eigenvalue weighted by Gasteiger charge is 2.39. The summed E-state index contributed by atoms with van der Waals surface area (Å²) in [5, 5.41) is 8.40. The van der Waals surface area contributed by atoms with Crippen molar-refractivity contribution in [2.24, 2.45) is 11.8 Å². The minimum absolute atomic E-state index is 0.0704. The lowest BCUT2D eigenvalue weighted by Crippen LogP contribution is -2.59. The molecule has 0 spiro atoms. The Morgan fingerprint density at radius 1 is 0.800 bits per heavy atom. The Kier molecular flexibility index (Phi) is 11.7. The summed E-state index contributed by atoms with van der Waals surface area (Å²) in [5.41, 5.74) is 1.73. The van der Waals surface area contributed by atoms with Gasteiger partial charge in [-0.05, 0) is 29.4 Å². The Morgan fingerprint density at radius 2 is 1.30 bits per heavy atom. The molecule has 3 amide bonds. The number of ether oxygens (including phenoxy) is 2. The molecule has 2 aromatic rings. The third-order valence-corrected chi connectivity index (χ3v) is 7.37. The quantitative estimate of drug-likeness (QED) is 0.291. The van der Waals surface area contributed by atoms with Gasteiger partial charge < -0.3 is 25.4 Å². The molecule has 0 aromatic heterocycles. The summed E-state index contributed by atoms with van der Waals surface area (Å²) in [6.45, 7) is 7.97. The number of rotatable bonds is 15. The SMILES string of the molecule is CCC(C)[C@H](NC(=O)OCc1ccccc1)C(=O)N[C@H](C(=O)N[C@@H](Cc1ccccc1)C(=O)[C@H]1CO1)C(C)CC. The van der Waals surface area contributed by atoms with Crippen molar-refractivity contribution in [2.45, 2.75) is 77.8 Å². The number of carbonyl (C=O) groups is 4. The zero-order valence-corrected chi connectivity index (χ0v) is 23.7. The lowest BCUT2D eigenvalue weighted by molar-refractivity contribution is -0.133. The van der Waals surface area contributed by atoms with Gasteiger partial charge in [0.2, 0.25) is 11.8 Å². The average molecular weight is 552 g/mol. The van der Waals surface area contributed by atoms with Gasteiger partial charge in [0, 0.05) is 0 Å². The molecule has 1 saturated heterocycles. The van der Waals surface area contributed by atoms with Crippen LogP contribution >= 0.6 is 0 Å². The van der Waals surface area contributed by atoms with E-state index in [1.54, 1.807) is 0 Å². The molecule has 2 unspecified atom stereocenters. The average Bonchev–Trinajstić information content (AvgIpc) is 3.82. The van der Waals surface area contributed by atoms with Crippen LogP contribution in [0, 0.1) is 11.8 Å². The van der Waals surface area contributed by atoms with E-state index in [1.165, 1.54) is 0 Å². The number of amides is 3. The van der Waals surface area contributed by atoms with E-state index in [4.69, 9.17) is 9.47 Å². The van der Waals surface area contributed by atoms with Gasteiger partial charge in [0.15, 0.2) is 5.78 Å². The molecule has 1 heterocycles. The normalized spacial score (nSPS) is 17.9. The molecule has 0 bridgehead atoms. The lowest BCUT2D eigenvalue weighted by atomic mass is 9.94. The Morgan fingerprint density at radius 3 is 1.82 bits per heavy atom. The molecule has 1 aliphatic rings. The maximum absolute atomic E-state index is 13.5. The molecular formula is C31H41N3O6. The molecule has 0 saturated carbocycles. The fourth-order valence-electron chi connectivity index (χ4n) is 4.31. The van der Waals surface area contributed by atoms with Crippen LogP contribution in [-0.2, 0) is 36.9 Å². The third-order valence-electron chi connectivity index (χ3n) is 7.37. The number of epoxide rings is 1. The Hall–Kier alpha value is -3.72. The van der Waals surface area contributed by atoms with Gasteiger partial charge in [-0.3, -0.25) is 14.4 Å². The smallest absolute Gasteiger partial charge is 0.408 e. The topological polar surface area (TPSA) is 126 Å². The van der Waals surface area contributed by atoms with Crippen molar-refractivity contribution in [1.82, 2.24) is 16.0 Å². The first-order valence-corrected chi connectivity index (χ1v) is 14.0. The summed E-state index contributed by atoms with van der Waals surface area (Å²) in [7, 11) is 0. The standard InChI is InChI=1S/C31H41N3O6/c1-5-20(3)26(29(36)32-24(28(35)25-19-39-25)17-22-13-9-7-10-14-22)33-30(37)27(21(4)6-2)34-31(38)40-18-23-15-11-8-12-16-23/h7-16,20-21,24-27H,5-6,17-19H2,1-4H3,(H,32,36)(H,33,37)(H,34,38)/t20?,21?,24-,25+,26-,27-/m0/s1. The van der Waals surface area contributed by atoms with E-state index in [-0.39, 0.29) is 24.2 Å². The summed E-state index contributed by atoms with van der Waals surface area (Å²) in [6, 6.07) is 16.1. The van der Waals surface area contributed by atoms with Crippen LogP contribution in [0.3, 0.4) is 0 Å². The van der Waals surface area contributed by atoms with E-state index in [1.807, 2.05) is 88.4 Å². The van der Waals surface area contributed by atoms with Crippen molar-refractivity contribution in [2.75, 3.05) is 6.61 Å². The van der Waals surface area contributed by atoms with Gasteiger partial charge in [-0.2, -0.15) is 0 Å². The Balaban J connectivity index is 1.69. The van der Waals surface area contributed by atoms with E-state index in [0.717, 1.165) is 11.1 Å². The summed E-state index contributed by atoms with van der Waals surface area (Å²) >= 11 is 0. The predicted octanol–water partition coefficient (Wildman–Crippen LogP) is 3.55. The van der Waals surface area contributed by atoms with Crippen LogP contribution in [0.4, 0.5) is 4.79 Å². The first-order valence-electron chi connectivity index (χ1n) is 14.0. The second-order valence-electron chi connectivity index (χ2n) is 10.4. The van der Waals surface area contributed by atoms with Crippen LogP contribution in [-0.4, -0.2) is 54.5 Å².